The van der Waals surface area contributed by atoms with Crippen LogP contribution in [0.3, 0.4) is 0 Å². The Hall–Kier alpha value is -0.120. The van der Waals surface area contributed by atoms with Crippen LogP contribution >= 0.6 is 0 Å². The molecule has 0 aromatic heterocycles. The highest BCUT2D eigenvalue weighted by Crippen LogP contribution is 1.97. The van der Waals surface area contributed by atoms with Gasteiger partial charge < -0.3 is 0 Å². The van der Waals surface area contributed by atoms with E-state index in [1.165, 1.54) is 0 Å². The monoisotopic (exact) mass is 175 g/mol. The van der Waals surface area contributed by atoms with Gasteiger partial charge in [-0.25, -0.2) is 0 Å². The minimum absolute atomic E-state index is 0.673. The normalized spacial score (nSPS) is 11.0. The van der Waals surface area contributed by atoms with Crippen LogP contribution in [-0.4, -0.2) is 25.0 Å². The molecule has 0 spiro atoms. The number of rotatable bonds is 8. The van der Waals surface area contributed by atoms with Crippen molar-refractivity contribution >= 4 is 0 Å². The molecule has 3 nitrogen and oxygen atoms in total. The first-order valence-corrected chi connectivity index (χ1v) is 4.88. The summed E-state index contributed by atoms with van der Waals surface area (Å²) in [6.07, 6.45) is 3.30. The van der Waals surface area contributed by atoms with Crippen LogP contribution in [0.4, 0.5) is 0 Å². The van der Waals surface area contributed by atoms with E-state index in [1.54, 1.807) is 5.23 Å². The Labute approximate surface area is 75.6 Å². The number of hydrogen-bond acceptors (Lipinski definition) is 3. The van der Waals surface area contributed by atoms with Crippen LogP contribution in [0.25, 0.3) is 0 Å². The zero-order valence-corrected chi connectivity index (χ0v) is 8.51. The first-order valence-electron chi connectivity index (χ1n) is 4.88. The van der Waals surface area contributed by atoms with Crippen LogP contribution in [0, 0.1) is 0 Å². The van der Waals surface area contributed by atoms with Gasteiger partial charge >= 0.3 is 0 Å². The second-order valence-corrected chi connectivity index (χ2v) is 2.66. The molecule has 0 saturated carbocycles. The summed E-state index contributed by atoms with van der Waals surface area (Å²) in [5, 5.41) is 1.59. The Bertz CT molecular complexity index is 82.6. The molecule has 0 atom stereocenters. The third kappa shape index (κ3) is 6.58. The average molecular weight is 175 g/mol. The van der Waals surface area contributed by atoms with Crippen molar-refractivity contribution in [3.05, 3.63) is 0 Å². The van der Waals surface area contributed by atoms with Gasteiger partial charge in [0.25, 0.3) is 0 Å². The summed E-state index contributed by atoms with van der Waals surface area (Å²) >= 11 is 0. The van der Waals surface area contributed by atoms with E-state index in [9.17, 15) is 0 Å². The van der Waals surface area contributed by atoms with E-state index in [0.29, 0.717) is 6.61 Å². The van der Waals surface area contributed by atoms with Gasteiger partial charge in [-0.2, -0.15) is 0 Å². The molecule has 0 amide bonds. The molecule has 0 saturated heterocycles. The smallest absolute Gasteiger partial charge is 0.0711 e. The molecule has 12 heavy (non-hydrogen) atoms. The maximum atomic E-state index is 5.37. The summed E-state index contributed by atoms with van der Waals surface area (Å²) < 4.78 is 0. The van der Waals surface area contributed by atoms with Crippen LogP contribution < -0.4 is 0 Å². The van der Waals surface area contributed by atoms with Crippen LogP contribution in [0.2, 0.25) is 0 Å². The third-order valence-electron chi connectivity index (χ3n) is 1.41. The maximum Gasteiger partial charge on any atom is 0.0711 e. The predicted molar refractivity (Wildman–Crippen MR) is 49.5 cm³/mol. The average Bonchev–Trinajstić information content (AvgIpc) is 2.06. The first kappa shape index (κ1) is 11.9. The zero-order chi connectivity index (χ0) is 9.23. The fourth-order valence-corrected chi connectivity index (χ4v) is 0.804. The Morgan fingerprint density at radius 3 is 2.25 bits per heavy atom. The summed E-state index contributed by atoms with van der Waals surface area (Å²) in [6.45, 7) is 8.50. The van der Waals surface area contributed by atoms with Crippen LogP contribution in [0.1, 0.15) is 40.0 Å². The summed E-state index contributed by atoms with van der Waals surface area (Å²) in [4.78, 5) is 10.6. The Kier molecular flexibility index (Phi) is 8.88. The van der Waals surface area contributed by atoms with Crippen molar-refractivity contribution in [1.82, 2.24) is 5.23 Å². The Morgan fingerprint density at radius 2 is 1.75 bits per heavy atom. The van der Waals surface area contributed by atoms with E-state index in [4.69, 9.17) is 9.68 Å². The molecule has 0 aromatic carbocycles. The minimum Gasteiger partial charge on any atom is -0.274 e. The lowest BCUT2D eigenvalue weighted by Crippen LogP contribution is -2.25. The number of hydrogen-bond donors (Lipinski definition) is 0. The summed E-state index contributed by atoms with van der Waals surface area (Å²) in [7, 11) is 0. The van der Waals surface area contributed by atoms with Gasteiger partial charge in [0.15, 0.2) is 0 Å². The topological polar surface area (TPSA) is 21.7 Å². The fraction of sp³-hybridized carbons (Fsp3) is 1.00. The molecule has 0 radical (unpaired) electrons. The van der Waals surface area contributed by atoms with E-state index >= 15 is 0 Å². The number of unbranched alkanes of at least 4 members (excludes halogenated alkanes) is 1. The van der Waals surface area contributed by atoms with Crippen LogP contribution in [0.5, 0.6) is 0 Å². The third-order valence-corrected chi connectivity index (χ3v) is 1.41. The van der Waals surface area contributed by atoms with Gasteiger partial charge in [0.2, 0.25) is 0 Å². The molecule has 0 bridgehead atoms. The highest BCUT2D eigenvalue weighted by Gasteiger charge is 2.01. The van der Waals surface area contributed by atoms with Gasteiger partial charge in [-0.05, 0) is 19.8 Å². The van der Waals surface area contributed by atoms with Gasteiger partial charge in [0, 0.05) is 0 Å². The fourth-order valence-electron chi connectivity index (χ4n) is 0.804. The van der Waals surface area contributed by atoms with Gasteiger partial charge in [0.05, 0.1) is 19.8 Å². The highest BCUT2D eigenvalue weighted by atomic mass is 16.9. The Balaban J connectivity index is 3.34. The van der Waals surface area contributed by atoms with E-state index in [2.05, 4.69) is 13.8 Å². The molecule has 0 N–H and O–H groups in total. The minimum atomic E-state index is 0.673. The maximum absolute atomic E-state index is 5.37. The molecule has 0 aromatic rings. The van der Waals surface area contributed by atoms with Crippen molar-refractivity contribution in [3.8, 4) is 0 Å². The van der Waals surface area contributed by atoms with Crippen molar-refractivity contribution in [3.63, 3.8) is 0 Å². The lowest BCUT2D eigenvalue weighted by Gasteiger charge is -2.19. The largest absolute Gasteiger partial charge is 0.274 e. The summed E-state index contributed by atoms with van der Waals surface area (Å²) in [5.41, 5.74) is 0. The van der Waals surface area contributed by atoms with Gasteiger partial charge in [-0.1, -0.05) is 25.5 Å². The number of nitrogens with zero attached hydrogens (tertiary/aromatic N) is 1. The van der Waals surface area contributed by atoms with Crippen molar-refractivity contribution in [2.24, 2.45) is 0 Å². The van der Waals surface area contributed by atoms with E-state index in [0.717, 1.165) is 32.4 Å². The molecule has 0 unspecified atom stereocenters. The second-order valence-electron chi connectivity index (χ2n) is 2.66. The second kappa shape index (κ2) is 8.97. The van der Waals surface area contributed by atoms with E-state index in [1.807, 2.05) is 6.92 Å². The molecule has 0 aliphatic carbocycles. The number of hydroxylamine groups is 2. The molecule has 0 fully saturated rings. The zero-order valence-electron chi connectivity index (χ0n) is 8.51. The predicted octanol–water partition coefficient (Wildman–Crippen LogP) is 2.38. The van der Waals surface area contributed by atoms with Crippen molar-refractivity contribution in [2.45, 2.75) is 40.0 Å². The molecule has 74 valence electrons. The lowest BCUT2D eigenvalue weighted by molar-refractivity contribution is -0.366. The van der Waals surface area contributed by atoms with Crippen LogP contribution in [0.15, 0.2) is 0 Å². The molecule has 0 heterocycles. The molecule has 3 heteroatoms. The summed E-state index contributed by atoms with van der Waals surface area (Å²) in [5.74, 6) is 0. The molecular weight excluding hydrogens is 154 g/mol. The van der Waals surface area contributed by atoms with Gasteiger partial charge in [-0.15, -0.1) is 0 Å². The van der Waals surface area contributed by atoms with Gasteiger partial charge in [0.1, 0.15) is 0 Å². The van der Waals surface area contributed by atoms with Crippen molar-refractivity contribution < 1.29 is 9.68 Å². The quantitative estimate of drug-likeness (QED) is 0.417. The molecular formula is C9H21NO2. The SMILES string of the molecule is CCCCON(CCC)OCC. The molecule has 0 rings (SSSR count). The highest BCUT2D eigenvalue weighted by molar-refractivity contribution is 4.32. The van der Waals surface area contributed by atoms with Crippen molar-refractivity contribution in [2.75, 3.05) is 19.8 Å². The Morgan fingerprint density at radius 1 is 1.00 bits per heavy atom. The first-order chi connectivity index (χ1) is 5.85. The molecule has 0 aliphatic rings. The lowest BCUT2D eigenvalue weighted by atomic mass is 10.4. The standard InChI is InChI=1S/C9H21NO2/c1-4-7-9-12-10(8-5-2)11-6-3/h4-9H2,1-3H3. The van der Waals surface area contributed by atoms with Crippen LogP contribution in [-0.2, 0) is 9.68 Å². The molecule has 0 aliphatic heterocycles. The summed E-state index contributed by atoms with van der Waals surface area (Å²) in [6, 6.07) is 0. The van der Waals surface area contributed by atoms with E-state index in [-0.39, 0.29) is 0 Å². The van der Waals surface area contributed by atoms with Crippen molar-refractivity contribution in [1.29, 1.82) is 0 Å². The van der Waals surface area contributed by atoms with E-state index < -0.39 is 0 Å². The van der Waals surface area contributed by atoms with Gasteiger partial charge in [-0.3, -0.25) is 9.68 Å².